The van der Waals surface area contributed by atoms with Crippen LogP contribution in [0.3, 0.4) is 0 Å². The quantitative estimate of drug-likeness (QED) is 0.905. The van der Waals surface area contributed by atoms with E-state index in [9.17, 15) is 0 Å². The molecular weight excluding hydrogens is 234 g/mol. The predicted octanol–water partition coefficient (Wildman–Crippen LogP) is 3.18. The largest absolute Gasteiger partial charge is 0.316 e. The van der Waals surface area contributed by atoms with Gasteiger partial charge in [0.2, 0.25) is 0 Å². The molecule has 2 heterocycles. The molecular formula is C16H27N3. The van der Waals surface area contributed by atoms with Crippen LogP contribution < -0.4 is 5.32 Å². The summed E-state index contributed by atoms with van der Waals surface area (Å²) < 4.78 is 2.25. The summed E-state index contributed by atoms with van der Waals surface area (Å²) in [4.78, 5) is 0. The third-order valence-electron chi connectivity index (χ3n) is 5.07. The van der Waals surface area contributed by atoms with E-state index >= 15 is 0 Å². The number of nitrogens with zero attached hydrogens (tertiary/aromatic N) is 2. The summed E-state index contributed by atoms with van der Waals surface area (Å²) in [5.74, 6) is 1.60. The van der Waals surface area contributed by atoms with Crippen molar-refractivity contribution < 1.29 is 0 Å². The van der Waals surface area contributed by atoms with E-state index in [-0.39, 0.29) is 0 Å². The highest BCUT2D eigenvalue weighted by atomic mass is 15.3. The van der Waals surface area contributed by atoms with E-state index < -0.39 is 0 Å². The molecule has 1 aliphatic heterocycles. The normalized spacial score (nSPS) is 29.5. The van der Waals surface area contributed by atoms with Gasteiger partial charge in [-0.05, 0) is 56.7 Å². The Kier molecular flexibility index (Phi) is 4.21. The maximum atomic E-state index is 4.85. The minimum atomic E-state index is 0.671. The van der Waals surface area contributed by atoms with E-state index in [1.165, 1.54) is 50.8 Å². The van der Waals surface area contributed by atoms with Crippen LogP contribution in [0.15, 0.2) is 12.3 Å². The van der Waals surface area contributed by atoms with E-state index in [0.29, 0.717) is 6.04 Å². The second-order valence-electron chi connectivity index (χ2n) is 6.51. The molecule has 3 rings (SSSR count). The fourth-order valence-electron chi connectivity index (χ4n) is 3.63. The summed E-state index contributed by atoms with van der Waals surface area (Å²) in [7, 11) is 0. The van der Waals surface area contributed by atoms with Crippen LogP contribution in [0, 0.1) is 11.8 Å². The zero-order valence-electron chi connectivity index (χ0n) is 12.1. The molecule has 0 spiro atoms. The molecule has 1 aromatic rings. The van der Waals surface area contributed by atoms with Crippen LogP contribution in [0.5, 0.6) is 0 Å². The van der Waals surface area contributed by atoms with Crippen molar-refractivity contribution in [3.05, 3.63) is 18.0 Å². The number of hydrogen-bond donors (Lipinski definition) is 1. The zero-order valence-corrected chi connectivity index (χ0v) is 12.1. The fourth-order valence-corrected chi connectivity index (χ4v) is 3.63. The number of hydrogen-bond acceptors (Lipinski definition) is 2. The van der Waals surface area contributed by atoms with Gasteiger partial charge in [-0.15, -0.1) is 0 Å². The molecule has 106 valence electrons. The topological polar surface area (TPSA) is 29.9 Å². The molecule has 0 amide bonds. The van der Waals surface area contributed by atoms with Crippen molar-refractivity contribution in [1.82, 2.24) is 15.1 Å². The zero-order chi connectivity index (χ0) is 13.1. The fraction of sp³-hybridized carbons (Fsp3) is 0.812. The molecule has 3 nitrogen and oxygen atoms in total. The summed E-state index contributed by atoms with van der Waals surface area (Å²) in [6.07, 6.45) is 11.5. The maximum Gasteiger partial charge on any atom is 0.0628 e. The van der Waals surface area contributed by atoms with Gasteiger partial charge < -0.3 is 5.32 Å². The lowest BCUT2D eigenvalue weighted by Crippen LogP contribution is -2.36. The number of piperidine rings is 1. The average Bonchev–Trinajstić information content (AvgIpc) is 2.91. The van der Waals surface area contributed by atoms with Crippen molar-refractivity contribution >= 4 is 0 Å². The van der Waals surface area contributed by atoms with Gasteiger partial charge in [-0.2, -0.15) is 5.10 Å². The van der Waals surface area contributed by atoms with Crippen LogP contribution in [-0.2, 0) is 6.42 Å². The Labute approximate surface area is 116 Å². The van der Waals surface area contributed by atoms with Gasteiger partial charge in [-0.3, -0.25) is 4.68 Å². The first-order valence-electron chi connectivity index (χ1n) is 8.07. The highest BCUT2D eigenvalue weighted by molar-refractivity contribution is 5.02. The molecule has 2 unspecified atom stereocenters. The van der Waals surface area contributed by atoms with Crippen LogP contribution >= 0.6 is 0 Å². The average molecular weight is 261 g/mol. The molecule has 2 aliphatic rings. The molecule has 3 heteroatoms. The highest BCUT2D eigenvalue weighted by Crippen LogP contribution is 2.28. The number of nitrogens with one attached hydrogen (secondary N) is 1. The first kappa shape index (κ1) is 13.2. The van der Waals surface area contributed by atoms with Crippen LogP contribution in [-0.4, -0.2) is 22.9 Å². The molecule has 0 radical (unpaired) electrons. The highest BCUT2D eigenvalue weighted by Gasteiger charge is 2.23. The van der Waals surface area contributed by atoms with Gasteiger partial charge in [0, 0.05) is 6.20 Å². The van der Waals surface area contributed by atoms with E-state index in [4.69, 9.17) is 5.10 Å². The molecule has 2 atom stereocenters. The van der Waals surface area contributed by atoms with Crippen molar-refractivity contribution in [1.29, 1.82) is 0 Å². The van der Waals surface area contributed by atoms with E-state index in [1.54, 1.807) is 0 Å². The minimum Gasteiger partial charge on any atom is -0.316 e. The van der Waals surface area contributed by atoms with Crippen LogP contribution in [0.25, 0.3) is 0 Å². The van der Waals surface area contributed by atoms with Crippen LogP contribution in [0.2, 0.25) is 0 Å². The first-order chi connectivity index (χ1) is 9.33. The van der Waals surface area contributed by atoms with Crippen molar-refractivity contribution in [2.45, 2.75) is 57.9 Å². The van der Waals surface area contributed by atoms with Gasteiger partial charge in [-0.25, -0.2) is 0 Å². The van der Waals surface area contributed by atoms with Crippen molar-refractivity contribution in [3.63, 3.8) is 0 Å². The number of rotatable bonds is 3. The second-order valence-corrected chi connectivity index (χ2v) is 6.51. The van der Waals surface area contributed by atoms with Gasteiger partial charge in [0.1, 0.15) is 0 Å². The molecule has 1 saturated heterocycles. The molecule has 1 saturated carbocycles. The van der Waals surface area contributed by atoms with E-state index in [1.807, 2.05) is 0 Å². The SMILES string of the molecule is CC1CCNCC1Cc1ccn(C2CCCCC2)n1. The molecule has 1 aromatic heterocycles. The second kappa shape index (κ2) is 6.08. The third kappa shape index (κ3) is 3.19. The minimum absolute atomic E-state index is 0.671. The molecule has 1 N–H and O–H groups in total. The lowest BCUT2D eigenvalue weighted by Gasteiger charge is -2.29. The molecule has 2 fully saturated rings. The number of aromatic nitrogens is 2. The monoisotopic (exact) mass is 261 g/mol. The van der Waals surface area contributed by atoms with Gasteiger partial charge in [0.25, 0.3) is 0 Å². The van der Waals surface area contributed by atoms with Crippen molar-refractivity contribution in [3.8, 4) is 0 Å². The molecule has 1 aliphatic carbocycles. The Hall–Kier alpha value is -0.830. The summed E-state index contributed by atoms with van der Waals surface area (Å²) in [6.45, 7) is 4.75. The lowest BCUT2D eigenvalue weighted by atomic mass is 9.85. The third-order valence-corrected chi connectivity index (χ3v) is 5.07. The van der Waals surface area contributed by atoms with Gasteiger partial charge in [0.05, 0.1) is 11.7 Å². The smallest absolute Gasteiger partial charge is 0.0628 e. The van der Waals surface area contributed by atoms with Gasteiger partial charge in [-0.1, -0.05) is 26.2 Å². The van der Waals surface area contributed by atoms with E-state index in [2.05, 4.69) is 29.2 Å². The van der Waals surface area contributed by atoms with Crippen LogP contribution in [0.4, 0.5) is 0 Å². The molecule has 0 aromatic carbocycles. The standard InChI is InChI=1S/C16H27N3/c1-13-7-9-17-12-14(13)11-15-8-10-19(18-15)16-5-3-2-4-6-16/h8,10,13-14,16-17H,2-7,9,11-12H2,1H3. The summed E-state index contributed by atoms with van der Waals surface area (Å²) in [5.41, 5.74) is 1.30. The van der Waals surface area contributed by atoms with Crippen LogP contribution in [0.1, 0.15) is 57.2 Å². The Morgan fingerprint density at radius 1 is 1.26 bits per heavy atom. The lowest BCUT2D eigenvalue weighted by molar-refractivity contribution is 0.269. The van der Waals surface area contributed by atoms with Gasteiger partial charge >= 0.3 is 0 Å². The molecule has 0 bridgehead atoms. The maximum absolute atomic E-state index is 4.85. The molecule has 19 heavy (non-hydrogen) atoms. The summed E-state index contributed by atoms with van der Waals surface area (Å²) in [5, 5.41) is 8.37. The summed E-state index contributed by atoms with van der Waals surface area (Å²) in [6, 6.07) is 2.92. The summed E-state index contributed by atoms with van der Waals surface area (Å²) >= 11 is 0. The Balaban J connectivity index is 1.60. The van der Waals surface area contributed by atoms with E-state index in [0.717, 1.165) is 24.8 Å². The Morgan fingerprint density at radius 3 is 2.89 bits per heavy atom. The van der Waals surface area contributed by atoms with Gasteiger partial charge in [0.15, 0.2) is 0 Å². The predicted molar refractivity (Wildman–Crippen MR) is 78.2 cm³/mol. The first-order valence-corrected chi connectivity index (χ1v) is 8.07. The Bertz CT molecular complexity index is 392. The van der Waals surface area contributed by atoms with Crippen molar-refractivity contribution in [2.24, 2.45) is 11.8 Å². The van der Waals surface area contributed by atoms with Crippen molar-refractivity contribution in [2.75, 3.05) is 13.1 Å². The Morgan fingerprint density at radius 2 is 2.11 bits per heavy atom.